The van der Waals surface area contributed by atoms with Crippen LogP contribution in [-0.2, 0) is 20.2 Å². The summed E-state index contributed by atoms with van der Waals surface area (Å²) < 4.78 is 26.3. The molecule has 1 amide bonds. The van der Waals surface area contributed by atoms with E-state index in [1.165, 1.54) is 5.56 Å². The molecule has 0 radical (unpaired) electrons. The summed E-state index contributed by atoms with van der Waals surface area (Å²) in [4.78, 5) is 13.0. The van der Waals surface area contributed by atoms with E-state index in [1.54, 1.807) is 0 Å². The topological polar surface area (TPSA) is 75.3 Å². The first-order valence-electron chi connectivity index (χ1n) is 9.18. The normalized spacial score (nSPS) is 22.0. The van der Waals surface area contributed by atoms with E-state index in [-0.39, 0.29) is 11.3 Å². The van der Waals surface area contributed by atoms with E-state index in [9.17, 15) is 13.2 Å². The summed E-state index contributed by atoms with van der Waals surface area (Å²) in [5.74, 6) is -0.167. The van der Waals surface area contributed by atoms with Gasteiger partial charge in [-0.15, -0.1) is 0 Å². The second kappa shape index (κ2) is 7.08. The molecule has 0 saturated heterocycles. The summed E-state index contributed by atoms with van der Waals surface area (Å²) in [6, 6.07) is 10.3. The Morgan fingerprint density at radius 1 is 1.00 bits per heavy atom. The van der Waals surface area contributed by atoms with Gasteiger partial charge in [-0.2, -0.15) is 4.72 Å². The highest BCUT2D eigenvalue weighted by molar-refractivity contribution is 7.88. The van der Waals surface area contributed by atoms with Crippen molar-refractivity contribution in [3.05, 3.63) is 35.9 Å². The van der Waals surface area contributed by atoms with Gasteiger partial charge in [0.2, 0.25) is 15.9 Å². The minimum absolute atomic E-state index is 0.00212. The molecule has 2 saturated carbocycles. The highest BCUT2D eigenvalue weighted by Crippen LogP contribution is 2.43. The van der Waals surface area contributed by atoms with Crippen LogP contribution in [0.4, 0.5) is 0 Å². The molecule has 2 aliphatic carbocycles. The third-order valence-corrected chi connectivity index (χ3v) is 6.57. The highest BCUT2D eigenvalue weighted by atomic mass is 32.2. The first-order valence-corrected chi connectivity index (χ1v) is 11.1. The average Bonchev–Trinajstić information content (AvgIpc) is 2.54. The zero-order valence-corrected chi connectivity index (χ0v) is 15.7. The number of hydrogen-bond acceptors (Lipinski definition) is 3. The second-order valence-electron chi connectivity index (χ2n) is 7.70. The minimum atomic E-state index is -3.44. The van der Waals surface area contributed by atoms with Crippen molar-refractivity contribution in [1.29, 1.82) is 0 Å². The van der Waals surface area contributed by atoms with Gasteiger partial charge in [0, 0.05) is 12.0 Å². The van der Waals surface area contributed by atoms with E-state index in [4.69, 9.17) is 0 Å². The Kier molecular flexibility index (Phi) is 5.21. The van der Waals surface area contributed by atoms with Crippen molar-refractivity contribution in [2.24, 2.45) is 0 Å². The van der Waals surface area contributed by atoms with E-state index in [1.807, 2.05) is 18.2 Å². The first kappa shape index (κ1) is 18.4. The second-order valence-corrected chi connectivity index (χ2v) is 9.45. The zero-order valence-electron chi connectivity index (χ0n) is 14.9. The van der Waals surface area contributed by atoms with Gasteiger partial charge in [0.05, 0.1) is 6.26 Å². The van der Waals surface area contributed by atoms with Gasteiger partial charge in [0.1, 0.15) is 5.54 Å². The molecule has 0 aliphatic heterocycles. The van der Waals surface area contributed by atoms with Gasteiger partial charge in [-0.05, 0) is 31.2 Å². The van der Waals surface area contributed by atoms with Crippen LogP contribution in [0.5, 0.6) is 0 Å². The zero-order chi connectivity index (χ0) is 18.0. The van der Waals surface area contributed by atoms with Gasteiger partial charge in [0.15, 0.2) is 0 Å². The van der Waals surface area contributed by atoms with Crippen molar-refractivity contribution in [2.45, 2.75) is 62.3 Å². The maximum atomic E-state index is 13.0. The van der Waals surface area contributed by atoms with Gasteiger partial charge in [0.25, 0.3) is 0 Å². The van der Waals surface area contributed by atoms with Crippen LogP contribution in [0.2, 0.25) is 0 Å². The van der Waals surface area contributed by atoms with Crippen LogP contribution >= 0.6 is 0 Å². The van der Waals surface area contributed by atoms with Crippen LogP contribution in [0.3, 0.4) is 0 Å². The molecule has 0 spiro atoms. The average molecular weight is 365 g/mol. The molecule has 2 aliphatic rings. The molecular formula is C19H28N2O3S. The van der Waals surface area contributed by atoms with Crippen molar-refractivity contribution in [3.8, 4) is 0 Å². The summed E-state index contributed by atoms with van der Waals surface area (Å²) >= 11 is 0. The molecule has 25 heavy (non-hydrogen) atoms. The SMILES string of the molecule is CS(=O)(=O)NC1(C(=O)NCC2(c3ccccc3)CCC2)CCCCC1. The van der Waals surface area contributed by atoms with Crippen LogP contribution in [-0.4, -0.2) is 32.7 Å². The lowest BCUT2D eigenvalue weighted by Gasteiger charge is -2.44. The molecule has 5 nitrogen and oxygen atoms in total. The smallest absolute Gasteiger partial charge is 0.241 e. The van der Waals surface area contributed by atoms with E-state index in [0.29, 0.717) is 19.4 Å². The molecule has 0 atom stereocenters. The lowest BCUT2D eigenvalue weighted by Crippen LogP contribution is -2.61. The number of benzene rings is 1. The Hall–Kier alpha value is -1.40. The van der Waals surface area contributed by atoms with E-state index in [0.717, 1.165) is 44.8 Å². The van der Waals surface area contributed by atoms with Gasteiger partial charge in [-0.3, -0.25) is 4.79 Å². The number of carbonyl (C=O) groups excluding carboxylic acids is 1. The van der Waals surface area contributed by atoms with E-state index >= 15 is 0 Å². The van der Waals surface area contributed by atoms with Crippen molar-refractivity contribution in [3.63, 3.8) is 0 Å². The lowest BCUT2D eigenvalue weighted by molar-refractivity contribution is -0.128. The van der Waals surface area contributed by atoms with Crippen LogP contribution in [0, 0.1) is 0 Å². The Morgan fingerprint density at radius 3 is 2.16 bits per heavy atom. The van der Waals surface area contributed by atoms with Gasteiger partial charge in [-0.1, -0.05) is 56.0 Å². The maximum absolute atomic E-state index is 13.0. The highest BCUT2D eigenvalue weighted by Gasteiger charge is 2.44. The monoisotopic (exact) mass is 364 g/mol. The maximum Gasteiger partial charge on any atom is 0.241 e. The summed E-state index contributed by atoms with van der Waals surface area (Å²) in [7, 11) is -3.44. The van der Waals surface area contributed by atoms with Crippen molar-refractivity contribution in [2.75, 3.05) is 12.8 Å². The largest absolute Gasteiger partial charge is 0.354 e. The lowest BCUT2D eigenvalue weighted by atomic mass is 9.64. The van der Waals surface area contributed by atoms with E-state index in [2.05, 4.69) is 22.2 Å². The van der Waals surface area contributed by atoms with Crippen molar-refractivity contribution >= 4 is 15.9 Å². The van der Waals surface area contributed by atoms with Crippen LogP contribution in [0.15, 0.2) is 30.3 Å². The van der Waals surface area contributed by atoms with Crippen LogP contribution in [0.25, 0.3) is 0 Å². The predicted octanol–water partition coefficient (Wildman–Crippen LogP) is 2.48. The number of sulfonamides is 1. The summed E-state index contributed by atoms with van der Waals surface area (Å²) in [6.45, 7) is 0.572. The standard InChI is InChI=1S/C19H28N2O3S/c1-25(23,24)21-19(13-6-3-7-14-19)17(22)20-15-18(11-8-12-18)16-9-4-2-5-10-16/h2,4-5,9-10,21H,3,6-8,11-15H2,1H3,(H,20,22). The number of carbonyl (C=O) groups is 1. The van der Waals surface area contributed by atoms with Gasteiger partial charge < -0.3 is 5.32 Å². The fourth-order valence-electron chi connectivity index (χ4n) is 4.27. The van der Waals surface area contributed by atoms with E-state index < -0.39 is 15.6 Å². The number of rotatable bonds is 6. The Balaban J connectivity index is 1.73. The quantitative estimate of drug-likeness (QED) is 0.814. The third kappa shape index (κ3) is 4.06. The molecule has 3 rings (SSSR count). The van der Waals surface area contributed by atoms with Crippen LogP contribution in [0.1, 0.15) is 56.9 Å². The number of hydrogen-bond donors (Lipinski definition) is 2. The van der Waals surface area contributed by atoms with Crippen molar-refractivity contribution < 1.29 is 13.2 Å². The molecule has 1 aromatic carbocycles. The van der Waals surface area contributed by atoms with Crippen LogP contribution < -0.4 is 10.0 Å². The summed E-state index contributed by atoms with van der Waals surface area (Å²) in [5.41, 5.74) is 0.279. The third-order valence-electron chi connectivity index (χ3n) is 5.81. The fourth-order valence-corrected chi connectivity index (χ4v) is 5.27. The molecule has 138 valence electrons. The molecule has 6 heteroatoms. The Labute approximate surface area is 150 Å². The first-order chi connectivity index (χ1) is 11.9. The Morgan fingerprint density at radius 2 is 1.64 bits per heavy atom. The molecule has 0 aromatic heterocycles. The molecular weight excluding hydrogens is 336 g/mol. The molecule has 2 N–H and O–H groups in total. The number of nitrogens with one attached hydrogen (secondary N) is 2. The van der Waals surface area contributed by atoms with Gasteiger partial charge >= 0.3 is 0 Å². The fraction of sp³-hybridized carbons (Fsp3) is 0.632. The minimum Gasteiger partial charge on any atom is -0.354 e. The Bertz CT molecular complexity index is 705. The molecule has 0 heterocycles. The molecule has 1 aromatic rings. The predicted molar refractivity (Wildman–Crippen MR) is 98.8 cm³/mol. The molecule has 2 fully saturated rings. The summed E-state index contributed by atoms with van der Waals surface area (Å²) in [6.07, 6.45) is 8.36. The molecule has 0 bridgehead atoms. The summed E-state index contributed by atoms with van der Waals surface area (Å²) in [5, 5.41) is 3.09. The van der Waals surface area contributed by atoms with Gasteiger partial charge in [-0.25, -0.2) is 8.42 Å². The molecule has 0 unspecified atom stereocenters. The number of amides is 1. The van der Waals surface area contributed by atoms with Crippen molar-refractivity contribution in [1.82, 2.24) is 10.0 Å².